The molecular weight excluding hydrogens is 389 g/mol. The van der Waals surface area contributed by atoms with E-state index in [-0.39, 0.29) is 29.7 Å². The minimum absolute atomic E-state index is 0.0297. The van der Waals surface area contributed by atoms with Gasteiger partial charge in [0, 0.05) is 18.2 Å². The number of Topliss-reactive ketones (excluding diaryl/α,β-unsaturated/α-hetero) is 1. The molecule has 1 heterocycles. The van der Waals surface area contributed by atoms with Crippen LogP contribution >= 0.6 is 0 Å². The summed E-state index contributed by atoms with van der Waals surface area (Å²) in [6.07, 6.45) is 1.55. The Morgan fingerprint density at radius 3 is 2.47 bits per heavy atom. The summed E-state index contributed by atoms with van der Waals surface area (Å²) in [6, 6.07) is 15.2. The van der Waals surface area contributed by atoms with Crippen LogP contribution in [0.2, 0.25) is 0 Å². The molecule has 0 spiro atoms. The van der Waals surface area contributed by atoms with Crippen molar-refractivity contribution in [2.24, 2.45) is 0 Å². The summed E-state index contributed by atoms with van der Waals surface area (Å²) >= 11 is 0. The van der Waals surface area contributed by atoms with E-state index in [0.717, 1.165) is 5.56 Å². The molecule has 3 aromatic carbocycles. The molecule has 0 amide bonds. The van der Waals surface area contributed by atoms with Gasteiger partial charge in [0.1, 0.15) is 23.9 Å². The van der Waals surface area contributed by atoms with Gasteiger partial charge in [-0.1, -0.05) is 12.1 Å². The van der Waals surface area contributed by atoms with Crippen LogP contribution in [-0.2, 0) is 6.61 Å². The molecule has 0 saturated heterocycles. The highest BCUT2D eigenvalue weighted by Gasteiger charge is 2.30. The Balaban J connectivity index is 1.54. The zero-order chi connectivity index (χ0) is 21.3. The van der Waals surface area contributed by atoms with Crippen LogP contribution in [0.25, 0.3) is 6.08 Å². The zero-order valence-corrected chi connectivity index (χ0v) is 15.9. The van der Waals surface area contributed by atoms with E-state index in [0.29, 0.717) is 28.2 Å². The lowest BCUT2D eigenvalue weighted by molar-refractivity contribution is -0.384. The fourth-order valence-corrected chi connectivity index (χ4v) is 3.15. The molecule has 1 aliphatic heterocycles. The minimum Gasteiger partial charge on any atom is -0.489 e. The fraction of sp³-hybridized carbons (Fsp3) is 0.0870. The average molecular weight is 405 g/mol. The van der Waals surface area contributed by atoms with Crippen molar-refractivity contribution in [2.75, 3.05) is 0 Å². The summed E-state index contributed by atoms with van der Waals surface area (Å²) in [6.45, 7) is 2.04. The number of ether oxygens (including phenoxy) is 2. The SMILES string of the molecule is Cc1cc(OCc2ccc(F)cc2)cc2c1C(=O)/C(=C/c1ccc([N+](=O)[O-])cc1)O2. The first-order chi connectivity index (χ1) is 14.4. The second kappa shape index (κ2) is 7.79. The summed E-state index contributed by atoms with van der Waals surface area (Å²) in [5.41, 5.74) is 2.56. The highest BCUT2D eigenvalue weighted by atomic mass is 19.1. The van der Waals surface area contributed by atoms with Crippen molar-refractivity contribution in [1.29, 1.82) is 0 Å². The molecule has 6 nitrogen and oxygen atoms in total. The maximum absolute atomic E-state index is 13.0. The van der Waals surface area contributed by atoms with Crippen LogP contribution in [0, 0.1) is 22.9 Å². The monoisotopic (exact) mass is 405 g/mol. The summed E-state index contributed by atoms with van der Waals surface area (Å²) < 4.78 is 24.5. The van der Waals surface area contributed by atoms with E-state index < -0.39 is 4.92 Å². The van der Waals surface area contributed by atoms with Crippen molar-refractivity contribution in [1.82, 2.24) is 0 Å². The normalized spacial score (nSPS) is 13.8. The third kappa shape index (κ3) is 3.91. The Morgan fingerprint density at radius 2 is 1.80 bits per heavy atom. The van der Waals surface area contributed by atoms with E-state index in [9.17, 15) is 19.3 Å². The number of hydrogen-bond acceptors (Lipinski definition) is 5. The standard InChI is InChI=1S/C23H16FNO5/c1-14-10-19(29-13-16-2-6-17(24)7-3-16)12-20-22(14)23(26)21(30-20)11-15-4-8-18(9-5-15)25(27)28/h2-12H,13H2,1H3/b21-11-. The summed E-state index contributed by atoms with van der Waals surface area (Å²) in [5, 5.41) is 10.8. The lowest BCUT2D eigenvalue weighted by Crippen LogP contribution is -2.00. The molecule has 0 atom stereocenters. The third-order valence-corrected chi connectivity index (χ3v) is 4.66. The number of nitro groups is 1. The first-order valence-corrected chi connectivity index (χ1v) is 9.11. The summed E-state index contributed by atoms with van der Waals surface area (Å²) in [7, 11) is 0. The maximum atomic E-state index is 13.0. The first-order valence-electron chi connectivity index (χ1n) is 9.11. The molecule has 0 saturated carbocycles. The van der Waals surface area contributed by atoms with Gasteiger partial charge in [-0.05, 0) is 60.0 Å². The molecule has 30 heavy (non-hydrogen) atoms. The number of aryl methyl sites for hydroxylation is 1. The van der Waals surface area contributed by atoms with E-state index in [1.807, 2.05) is 0 Å². The van der Waals surface area contributed by atoms with Gasteiger partial charge in [0.25, 0.3) is 5.69 Å². The Bertz CT molecular complexity index is 1170. The minimum atomic E-state index is -0.485. The topological polar surface area (TPSA) is 78.7 Å². The number of carbonyl (C=O) groups excluding carboxylic acids is 1. The Hall–Kier alpha value is -4.00. The van der Waals surface area contributed by atoms with E-state index in [2.05, 4.69) is 0 Å². The van der Waals surface area contributed by atoms with Crippen molar-refractivity contribution in [3.8, 4) is 11.5 Å². The predicted octanol–water partition coefficient (Wildman–Crippen LogP) is 5.24. The van der Waals surface area contributed by atoms with E-state index in [1.54, 1.807) is 49.4 Å². The number of non-ortho nitro benzene ring substituents is 1. The Labute approximate surface area is 171 Å². The molecule has 0 radical (unpaired) electrons. The van der Waals surface area contributed by atoms with Gasteiger partial charge in [0.2, 0.25) is 5.78 Å². The molecule has 1 aliphatic rings. The number of nitrogens with zero attached hydrogens (tertiary/aromatic N) is 1. The molecule has 0 aromatic heterocycles. The van der Waals surface area contributed by atoms with Crippen molar-refractivity contribution < 1.29 is 23.6 Å². The second-order valence-electron chi connectivity index (χ2n) is 6.82. The van der Waals surface area contributed by atoms with Crippen molar-refractivity contribution in [2.45, 2.75) is 13.5 Å². The van der Waals surface area contributed by atoms with E-state index >= 15 is 0 Å². The van der Waals surface area contributed by atoms with E-state index in [4.69, 9.17) is 9.47 Å². The van der Waals surface area contributed by atoms with Gasteiger partial charge >= 0.3 is 0 Å². The lowest BCUT2D eigenvalue weighted by atomic mass is 10.0. The third-order valence-electron chi connectivity index (χ3n) is 4.66. The van der Waals surface area contributed by atoms with Gasteiger partial charge in [0.05, 0.1) is 10.5 Å². The van der Waals surface area contributed by atoms with Crippen LogP contribution in [0.4, 0.5) is 10.1 Å². The van der Waals surface area contributed by atoms with Gasteiger partial charge in [-0.3, -0.25) is 14.9 Å². The molecule has 150 valence electrons. The lowest BCUT2D eigenvalue weighted by Gasteiger charge is -2.09. The van der Waals surface area contributed by atoms with Crippen molar-refractivity contribution in [3.05, 3.63) is 105 Å². The van der Waals surface area contributed by atoms with Crippen LogP contribution in [0.5, 0.6) is 11.5 Å². The van der Waals surface area contributed by atoms with Crippen LogP contribution in [-0.4, -0.2) is 10.7 Å². The predicted molar refractivity (Wildman–Crippen MR) is 108 cm³/mol. The smallest absolute Gasteiger partial charge is 0.269 e. The van der Waals surface area contributed by atoms with Crippen LogP contribution < -0.4 is 9.47 Å². The fourth-order valence-electron chi connectivity index (χ4n) is 3.15. The number of carbonyl (C=O) groups is 1. The van der Waals surface area contributed by atoms with Crippen LogP contribution in [0.1, 0.15) is 27.0 Å². The maximum Gasteiger partial charge on any atom is 0.269 e. The van der Waals surface area contributed by atoms with Gasteiger partial charge in [0.15, 0.2) is 5.76 Å². The molecule has 0 aliphatic carbocycles. The number of halogens is 1. The summed E-state index contributed by atoms with van der Waals surface area (Å²) in [5.74, 6) is 0.483. The van der Waals surface area contributed by atoms with Crippen LogP contribution in [0.15, 0.2) is 66.4 Å². The number of hydrogen-bond donors (Lipinski definition) is 0. The number of rotatable bonds is 5. The van der Waals surface area contributed by atoms with Gasteiger partial charge in [-0.2, -0.15) is 0 Å². The quantitative estimate of drug-likeness (QED) is 0.330. The molecular formula is C23H16FNO5. The molecule has 4 rings (SSSR count). The first kappa shape index (κ1) is 19.3. The highest BCUT2D eigenvalue weighted by molar-refractivity contribution is 6.15. The van der Waals surface area contributed by atoms with Crippen molar-refractivity contribution in [3.63, 3.8) is 0 Å². The number of fused-ring (bicyclic) bond motifs is 1. The molecule has 3 aromatic rings. The van der Waals surface area contributed by atoms with Gasteiger partial charge in [-0.15, -0.1) is 0 Å². The highest BCUT2D eigenvalue weighted by Crippen LogP contribution is 2.37. The molecule has 0 fully saturated rings. The molecule has 7 heteroatoms. The van der Waals surface area contributed by atoms with Crippen LogP contribution in [0.3, 0.4) is 0 Å². The zero-order valence-electron chi connectivity index (χ0n) is 15.9. The second-order valence-corrected chi connectivity index (χ2v) is 6.82. The molecule has 0 N–H and O–H groups in total. The molecule has 0 bridgehead atoms. The number of benzene rings is 3. The number of nitro benzene ring substituents is 1. The van der Waals surface area contributed by atoms with Gasteiger partial charge < -0.3 is 9.47 Å². The summed E-state index contributed by atoms with van der Waals surface area (Å²) in [4.78, 5) is 23.0. The number of allylic oxidation sites excluding steroid dienone is 1. The van der Waals surface area contributed by atoms with Crippen molar-refractivity contribution >= 4 is 17.5 Å². The van der Waals surface area contributed by atoms with E-state index in [1.165, 1.54) is 24.3 Å². The number of ketones is 1. The average Bonchev–Trinajstić information content (AvgIpc) is 3.03. The Morgan fingerprint density at radius 1 is 1.10 bits per heavy atom. The Kier molecular flexibility index (Phi) is 5.02. The molecule has 0 unspecified atom stereocenters. The van der Waals surface area contributed by atoms with Gasteiger partial charge in [-0.25, -0.2) is 4.39 Å². The largest absolute Gasteiger partial charge is 0.489 e.